The number of hydrogen-bond donors (Lipinski definition) is 1. The molecule has 2 rings (SSSR count). The first-order valence-electron chi connectivity index (χ1n) is 6.88. The lowest BCUT2D eigenvalue weighted by atomic mass is 10.0. The van der Waals surface area contributed by atoms with Gasteiger partial charge >= 0.3 is 0 Å². The van der Waals surface area contributed by atoms with E-state index in [1.165, 1.54) is 0 Å². The van der Waals surface area contributed by atoms with E-state index in [-0.39, 0.29) is 6.04 Å². The van der Waals surface area contributed by atoms with Crippen LogP contribution in [0.25, 0.3) is 0 Å². The zero-order chi connectivity index (χ0) is 14.5. The second kappa shape index (κ2) is 7.11. The van der Waals surface area contributed by atoms with Crippen molar-refractivity contribution in [3.8, 4) is 0 Å². The minimum absolute atomic E-state index is 0.0430. The quantitative estimate of drug-likeness (QED) is 0.862. The Kier molecular flexibility index (Phi) is 5.46. The molecule has 0 bridgehead atoms. The summed E-state index contributed by atoms with van der Waals surface area (Å²) in [6, 6.07) is 7.57. The van der Waals surface area contributed by atoms with Gasteiger partial charge in [0.25, 0.3) is 0 Å². The molecule has 0 aliphatic heterocycles. The van der Waals surface area contributed by atoms with E-state index in [2.05, 4.69) is 24.3 Å². The Morgan fingerprint density at radius 3 is 2.50 bits per heavy atom. The Labute approximate surface area is 129 Å². The van der Waals surface area contributed by atoms with Gasteiger partial charge in [-0.15, -0.1) is 0 Å². The summed E-state index contributed by atoms with van der Waals surface area (Å²) in [5.41, 5.74) is 2.00. The second-order valence-electron chi connectivity index (χ2n) is 4.59. The van der Waals surface area contributed by atoms with Crippen LogP contribution in [0.3, 0.4) is 0 Å². The van der Waals surface area contributed by atoms with Crippen LogP contribution < -0.4 is 5.32 Å². The minimum Gasteiger partial charge on any atom is -0.305 e. The molecule has 0 radical (unpaired) electrons. The first-order chi connectivity index (χ1) is 9.69. The molecule has 2 aromatic rings. The van der Waals surface area contributed by atoms with Crippen molar-refractivity contribution in [3.05, 3.63) is 51.8 Å². The SMILES string of the molecule is CCCNC(c1c(Cl)cccc1Cl)c1ccnn1CC. The van der Waals surface area contributed by atoms with Gasteiger partial charge < -0.3 is 5.32 Å². The Balaban J connectivity index is 2.47. The van der Waals surface area contributed by atoms with Crippen LogP contribution in [0.1, 0.15) is 37.6 Å². The zero-order valence-electron chi connectivity index (χ0n) is 11.7. The monoisotopic (exact) mass is 311 g/mol. The molecule has 5 heteroatoms. The lowest BCUT2D eigenvalue weighted by molar-refractivity contribution is 0.530. The van der Waals surface area contributed by atoms with Crippen molar-refractivity contribution in [2.24, 2.45) is 0 Å². The van der Waals surface area contributed by atoms with Gasteiger partial charge in [0.05, 0.1) is 11.7 Å². The van der Waals surface area contributed by atoms with Crippen molar-refractivity contribution in [2.75, 3.05) is 6.54 Å². The summed E-state index contributed by atoms with van der Waals surface area (Å²) in [7, 11) is 0. The van der Waals surface area contributed by atoms with Gasteiger partial charge in [-0.1, -0.05) is 36.2 Å². The van der Waals surface area contributed by atoms with Gasteiger partial charge in [-0.2, -0.15) is 5.10 Å². The first-order valence-corrected chi connectivity index (χ1v) is 7.63. The molecule has 1 N–H and O–H groups in total. The van der Waals surface area contributed by atoms with Crippen LogP contribution in [-0.4, -0.2) is 16.3 Å². The highest BCUT2D eigenvalue weighted by molar-refractivity contribution is 6.36. The Morgan fingerprint density at radius 1 is 1.20 bits per heavy atom. The van der Waals surface area contributed by atoms with E-state index in [0.29, 0.717) is 10.0 Å². The van der Waals surface area contributed by atoms with E-state index in [1.54, 1.807) is 0 Å². The molecule has 1 aromatic heterocycles. The van der Waals surface area contributed by atoms with Crippen molar-refractivity contribution in [2.45, 2.75) is 32.9 Å². The van der Waals surface area contributed by atoms with E-state index in [0.717, 1.165) is 30.8 Å². The molecule has 0 amide bonds. The highest BCUT2D eigenvalue weighted by atomic mass is 35.5. The molecule has 1 aromatic carbocycles. The third kappa shape index (κ3) is 3.17. The van der Waals surface area contributed by atoms with Crippen molar-refractivity contribution in [3.63, 3.8) is 0 Å². The predicted octanol–water partition coefficient (Wildman–Crippen LogP) is 4.30. The van der Waals surface area contributed by atoms with Gasteiger partial charge in [-0.25, -0.2) is 0 Å². The molecule has 20 heavy (non-hydrogen) atoms. The van der Waals surface area contributed by atoms with Crippen molar-refractivity contribution < 1.29 is 0 Å². The number of nitrogens with one attached hydrogen (secondary N) is 1. The smallest absolute Gasteiger partial charge is 0.0777 e. The molecule has 0 saturated carbocycles. The molecule has 1 heterocycles. The molecule has 108 valence electrons. The second-order valence-corrected chi connectivity index (χ2v) is 5.41. The first kappa shape index (κ1) is 15.4. The Morgan fingerprint density at radius 2 is 1.90 bits per heavy atom. The third-order valence-electron chi connectivity index (χ3n) is 3.23. The summed E-state index contributed by atoms with van der Waals surface area (Å²) in [4.78, 5) is 0. The van der Waals surface area contributed by atoms with Gasteiger partial charge in [0.2, 0.25) is 0 Å². The summed E-state index contributed by atoms with van der Waals surface area (Å²) in [6.45, 7) is 5.91. The lowest BCUT2D eigenvalue weighted by Crippen LogP contribution is -2.26. The minimum atomic E-state index is -0.0430. The summed E-state index contributed by atoms with van der Waals surface area (Å²) in [5.74, 6) is 0. The summed E-state index contributed by atoms with van der Waals surface area (Å²) >= 11 is 12.7. The number of aromatic nitrogens is 2. The largest absolute Gasteiger partial charge is 0.305 e. The average Bonchev–Trinajstić information content (AvgIpc) is 2.90. The molecule has 0 aliphatic carbocycles. The van der Waals surface area contributed by atoms with Crippen LogP contribution in [0.15, 0.2) is 30.5 Å². The van der Waals surface area contributed by atoms with E-state index < -0.39 is 0 Å². The molecule has 3 nitrogen and oxygen atoms in total. The highest BCUT2D eigenvalue weighted by Gasteiger charge is 2.22. The molecule has 0 fully saturated rings. The highest BCUT2D eigenvalue weighted by Crippen LogP contribution is 2.34. The standard InChI is InChI=1S/C15H19Cl2N3/c1-3-9-18-15(13-8-10-19-20(13)4-2)14-11(16)6-5-7-12(14)17/h5-8,10,15,18H,3-4,9H2,1-2H3. The number of hydrogen-bond acceptors (Lipinski definition) is 2. The van der Waals surface area contributed by atoms with Crippen LogP contribution in [-0.2, 0) is 6.54 Å². The van der Waals surface area contributed by atoms with E-state index in [1.807, 2.05) is 35.1 Å². The van der Waals surface area contributed by atoms with Crippen LogP contribution in [0.2, 0.25) is 10.0 Å². The topological polar surface area (TPSA) is 29.9 Å². The van der Waals surface area contributed by atoms with Crippen molar-refractivity contribution in [1.29, 1.82) is 0 Å². The maximum absolute atomic E-state index is 6.36. The van der Waals surface area contributed by atoms with Gasteiger partial charge in [0, 0.05) is 28.4 Å². The van der Waals surface area contributed by atoms with Crippen LogP contribution in [0.5, 0.6) is 0 Å². The van der Waals surface area contributed by atoms with E-state index in [9.17, 15) is 0 Å². The van der Waals surface area contributed by atoms with Gasteiger partial charge in [0.1, 0.15) is 0 Å². The number of aryl methyl sites for hydroxylation is 1. The Hall–Kier alpha value is -1.03. The summed E-state index contributed by atoms with van der Waals surface area (Å²) in [5, 5.41) is 9.21. The Bertz CT molecular complexity index is 546. The summed E-state index contributed by atoms with van der Waals surface area (Å²) < 4.78 is 1.97. The predicted molar refractivity (Wildman–Crippen MR) is 84.5 cm³/mol. The zero-order valence-corrected chi connectivity index (χ0v) is 13.2. The molecular weight excluding hydrogens is 293 g/mol. The van der Waals surface area contributed by atoms with E-state index in [4.69, 9.17) is 23.2 Å². The molecule has 0 spiro atoms. The fraction of sp³-hybridized carbons (Fsp3) is 0.400. The number of rotatable bonds is 6. The molecule has 0 saturated heterocycles. The fourth-order valence-electron chi connectivity index (χ4n) is 2.28. The van der Waals surface area contributed by atoms with Gasteiger partial charge in [0.15, 0.2) is 0 Å². The summed E-state index contributed by atoms with van der Waals surface area (Å²) in [6.07, 6.45) is 2.85. The van der Waals surface area contributed by atoms with Crippen LogP contribution in [0, 0.1) is 0 Å². The van der Waals surface area contributed by atoms with E-state index >= 15 is 0 Å². The molecule has 1 atom stereocenters. The van der Waals surface area contributed by atoms with Gasteiger partial charge in [-0.05, 0) is 38.1 Å². The number of benzene rings is 1. The van der Waals surface area contributed by atoms with Gasteiger partial charge in [-0.3, -0.25) is 4.68 Å². The van der Waals surface area contributed by atoms with Crippen molar-refractivity contribution in [1.82, 2.24) is 15.1 Å². The maximum Gasteiger partial charge on any atom is 0.0777 e. The fourth-order valence-corrected chi connectivity index (χ4v) is 2.90. The average molecular weight is 312 g/mol. The molecule has 0 aliphatic rings. The number of nitrogens with zero attached hydrogens (tertiary/aromatic N) is 2. The van der Waals surface area contributed by atoms with Crippen LogP contribution >= 0.6 is 23.2 Å². The molecular formula is C15H19Cl2N3. The van der Waals surface area contributed by atoms with Crippen LogP contribution in [0.4, 0.5) is 0 Å². The molecule has 1 unspecified atom stereocenters. The lowest BCUT2D eigenvalue weighted by Gasteiger charge is -2.22. The van der Waals surface area contributed by atoms with Crippen molar-refractivity contribution >= 4 is 23.2 Å². The third-order valence-corrected chi connectivity index (χ3v) is 3.89. The number of halogens is 2. The normalized spacial score (nSPS) is 12.6. The maximum atomic E-state index is 6.36.